The molecule has 9 nitrogen and oxygen atoms in total. The van der Waals surface area contributed by atoms with Crippen molar-refractivity contribution < 1.29 is 44.1 Å². The molecule has 0 saturated carbocycles. The minimum Gasteiger partial charge on any atom is -0.394 e. The van der Waals surface area contributed by atoms with E-state index in [-0.39, 0.29) is 0 Å². The van der Waals surface area contributed by atoms with Crippen LogP contribution in [0.5, 0.6) is 0 Å². The summed E-state index contributed by atoms with van der Waals surface area (Å²) >= 11 is 0. The average molecular weight is 260 g/mol. The van der Waals surface area contributed by atoms with Gasteiger partial charge < -0.3 is 30.2 Å². The smallest absolute Gasteiger partial charge is 0.394 e. The number of phosphoric acid groups is 1. The molecule has 0 rings (SSSR count). The maximum atomic E-state index is 11.2. The van der Waals surface area contributed by atoms with Crippen molar-refractivity contribution in [2.75, 3.05) is 13.2 Å². The van der Waals surface area contributed by atoms with E-state index in [2.05, 4.69) is 4.52 Å². The van der Waals surface area contributed by atoms with Crippen LogP contribution in [-0.2, 0) is 13.9 Å². The van der Waals surface area contributed by atoms with Gasteiger partial charge in [-0.1, -0.05) is 0 Å². The number of ketones is 1. The quantitative estimate of drug-likeness (QED) is 0.258. The van der Waals surface area contributed by atoms with Crippen LogP contribution in [0.15, 0.2) is 0 Å². The molecule has 0 heterocycles. The van der Waals surface area contributed by atoms with Crippen molar-refractivity contribution in [1.82, 2.24) is 0 Å². The number of carbonyl (C=O) groups is 1. The summed E-state index contributed by atoms with van der Waals surface area (Å²) in [5.41, 5.74) is 0. The van der Waals surface area contributed by atoms with Crippen molar-refractivity contribution in [3.8, 4) is 0 Å². The van der Waals surface area contributed by atoms with Crippen LogP contribution in [0.1, 0.15) is 0 Å². The molecule has 3 atom stereocenters. The van der Waals surface area contributed by atoms with Crippen LogP contribution in [-0.4, -0.2) is 67.5 Å². The first-order valence-electron chi connectivity index (χ1n) is 4.08. The van der Waals surface area contributed by atoms with E-state index in [1.54, 1.807) is 0 Å². The Morgan fingerprint density at radius 1 is 1.19 bits per heavy atom. The Morgan fingerprint density at radius 3 is 2.00 bits per heavy atom. The van der Waals surface area contributed by atoms with E-state index in [0.717, 1.165) is 0 Å². The van der Waals surface area contributed by atoms with Gasteiger partial charge >= 0.3 is 7.82 Å². The second-order valence-electron chi connectivity index (χ2n) is 2.86. The molecule has 0 aromatic carbocycles. The first-order valence-corrected chi connectivity index (χ1v) is 5.61. The molecule has 0 aromatic heterocycles. The zero-order chi connectivity index (χ0) is 12.9. The second kappa shape index (κ2) is 6.38. The molecular formula is C6H13O9P. The second-order valence-corrected chi connectivity index (χ2v) is 4.06. The lowest BCUT2D eigenvalue weighted by Crippen LogP contribution is -2.44. The van der Waals surface area contributed by atoms with E-state index in [0.29, 0.717) is 0 Å². The van der Waals surface area contributed by atoms with Crippen LogP contribution >= 0.6 is 7.82 Å². The molecule has 0 fully saturated rings. The van der Waals surface area contributed by atoms with Crippen molar-refractivity contribution >= 4 is 13.6 Å². The predicted octanol–water partition coefficient (Wildman–Crippen LogP) is -3.26. The number of hydrogen-bond acceptors (Lipinski definition) is 7. The zero-order valence-electron chi connectivity index (χ0n) is 8.00. The summed E-state index contributed by atoms with van der Waals surface area (Å²) < 4.78 is 14.3. The van der Waals surface area contributed by atoms with Gasteiger partial charge in [0, 0.05) is 0 Å². The van der Waals surface area contributed by atoms with E-state index in [1.807, 2.05) is 0 Å². The number of aliphatic hydroxyl groups is 4. The largest absolute Gasteiger partial charge is 0.470 e. The van der Waals surface area contributed by atoms with E-state index in [4.69, 9.17) is 30.2 Å². The Hall–Kier alpha value is -0.380. The lowest BCUT2D eigenvalue weighted by Gasteiger charge is -2.20. The van der Waals surface area contributed by atoms with Gasteiger partial charge in [-0.05, 0) is 0 Å². The Morgan fingerprint density at radius 2 is 1.69 bits per heavy atom. The van der Waals surface area contributed by atoms with Gasteiger partial charge in [0.1, 0.15) is 12.2 Å². The van der Waals surface area contributed by atoms with Crippen LogP contribution < -0.4 is 0 Å². The molecule has 0 aromatic rings. The first-order chi connectivity index (χ1) is 7.22. The topological polar surface area (TPSA) is 165 Å². The molecule has 10 heteroatoms. The van der Waals surface area contributed by atoms with E-state index in [1.165, 1.54) is 0 Å². The van der Waals surface area contributed by atoms with Crippen LogP contribution in [0, 0.1) is 0 Å². The molecule has 16 heavy (non-hydrogen) atoms. The van der Waals surface area contributed by atoms with Crippen LogP contribution in [0.2, 0.25) is 0 Å². The predicted molar refractivity (Wildman–Crippen MR) is 48.1 cm³/mol. The van der Waals surface area contributed by atoms with Gasteiger partial charge in [0.15, 0.2) is 11.9 Å². The molecule has 0 spiro atoms. The molecular weight excluding hydrogens is 247 g/mol. The Bertz CT molecular complexity index is 273. The van der Waals surface area contributed by atoms with E-state index in [9.17, 15) is 9.36 Å². The summed E-state index contributed by atoms with van der Waals surface area (Å²) in [6.07, 6.45) is -5.90. The molecule has 96 valence electrons. The maximum absolute atomic E-state index is 11.2. The number of aliphatic hydroxyl groups excluding tert-OH is 4. The minimum absolute atomic E-state index is 0.930. The minimum atomic E-state index is -5.01. The fraction of sp³-hybridized carbons (Fsp3) is 0.833. The maximum Gasteiger partial charge on any atom is 0.470 e. The summed E-state index contributed by atoms with van der Waals surface area (Å²) in [5, 5.41) is 35.0. The molecule has 0 amide bonds. The fourth-order valence-corrected chi connectivity index (χ4v) is 1.32. The van der Waals surface area contributed by atoms with E-state index < -0.39 is 45.1 Å². The molecule has 0 saturated heterocycles. The first kappa shape index (κ1) is 15.6. The van der Waals surface area contributed by atoms with Crippen molar-refractivity contribution in [3.63, 3.8) is 0 Å². The molecule has 0 aliphatic rings. The molecule has 0 bridgehead atoms. The highest BCUT2D eigenvalue weighted by Crippen LogP contribution is 2.37. The zero-order valence-corrected chi connectivity index (χ0v) is 8.90. The van der Waals surface area contributed by atoms with Gasteiger partial charge in [-0.15, -0.1) is 0 Å². The van der Waals surface area contributed by atoms with Crippen molar-refractivity contribution in [2.24, 2.45) is 0 Å². The molecule has 0 aliphatic heterocycles. The summed E-state index contributed by atoms with van der Waals surface area (Å²) in [4.78, 5) is 28.0. The van der Waals surface area contributed by atoms with Gasteiger partial charge in [0.05, 0.1) is 13.2 Å². The Labute approximate surface area is 90.2 Å². The third-order valence-corrected chi connectivity index (χ3v) is 2.12. The molecule has 0 unspecified atom stereocenters. The highest BCUT2D eigenvalue weighted by atomic mass is 31.2. The SMILES string of the molecule is O=C([C@@H](CO)OP(=O)(O)O)[C@H](O)[C@H](O)CO. The lowest BCUT2D eigenvalue weighted by molar-refractivity contribution is -0.144. The summed E-state index contributed by atoms with van der Waals surface area (Å²) in [5.74, 6) is -1.34. The number of carbonyl (C=O) groups excluding carboxylic acids is 1. The summed E-state index contributed by atoms with van der Waals surface area (Å²) in [6, 6.07) is 0. The normalized spacial score (nSPS) is 17.9. The highest BCUT2D eigenvalue weighted by molar-refractivity contribution is 7.46. The number of Topliss-reactive ketones (excluding diaryl/α,β-unsaturated/α-hetero) is 1. The summed E-state index contributed by atoms with van der Waals surface area (Å²) in [7, 11) is -5.01. The van der Waals surface area contributed by atoms with Gasteiger partial charge in [-0.25, -0.2) is 4.57 Å². The van der Waals surface area contributed by atoms with Gasteiger partial charge in [0.25, 0.3) is 0 Å². The Balaban J connectivity index is 4.60. The lowest BCUT2D eigenvalue weighted by atomic mass is 10.1. The third kappa shape index (κ3) is 5.10. The molecule has 0 radical (unpaired) electrons. The van der Waals surface area contributed by atoms with Crippen LogP contribution in [0.25, 0.3) is 0 Å². The van der Waals surface area contributed by atoms with Crippen molar-refractivity contribution in [1.29, 1.82) is 0 Å². The standard InChI is InChI=1S/C6H13O9P/c7-1-3(9)5(10)6(11)4(2-8)15-16(12,13)14/h3-5,7-10H,1-2H2,(H2,12,13,14)/t3-,4-,5-/m1/s1. The number of phosphoric ester groups is 1. The summed E-state index contributed by atoms with van der Waals surface area (Å²) in [6.45, 7) is -2.01. The van der Waals surface area contributed by atoms with Crippen molar-refractivity contribution in [3.05, 3.63) is 0 Å². The van der Waals surface area contributed by atoms with Crippen LogP contribution in [0.4, 0.5) is 0 Å². The van der Waals surface area contributed by atoms with Crippen molar-refractivity contribution in [2.45, 2.75) is 18.3 Å². The van der Waals surface area contributed by atoms with Gasteiger partial charge in [-0.2, -0.15) is 0 Å². The highest BCUT2D eigenvalue weighted by Gasteiger charge is 2.34. The van der Waals surface area contributed by atoms with Crippen LogP contribution in [0.3, 0.4) is 0 Å². The fourth-order valence-electron chi connectivity index (χ4n) is 0.821. The number of rotatable bonds is 7. The average Bonchev–Trinajstić information content (AvgIpc) is 2.21. The molecule has 0 aliphatic carbocycles. The van der Waals surface area contributed by atoms with E-state index >= 15 is 0 Å². The molecule has 6 N–H and O–H groups in total. The Kier molecular flexibility index (Phi) is 6.23. The third-order valence-electron chi connectivity index (χ3n) is 1.59. The van der Waals surface area contributed by atoms with Gasteiger partial charge in [0.2, 0.25) is 0 Å². The monoisotopic (exact) mass is 260 g/mol. The van der Waals surface area contributed by atoms with Gasteiger partial charge in [-0.3, -0.25) is 9.32 Å². The number of hydrogen-bond donors (Lipinski definition) is 6.